The molecule has 2 amide bonds. The number of rotatable bonds is 7. The molecule has 12 heteroatoms. The topological polar surface area (TPSA) is 138 Å². The van der Waals surface area contributed by atoms with Gasteiger partial charge in [-0.1, -0.05) is 0 Å². The molecule has 192 valence electrons. The Morgan fingerprint density at radius 3 is 2.58 bits per heavy atom. The average Bonchev–Trinajstić information content (AvgIpc) is 3.63. The van der Waals surface area contributed by atoms with Crippen molar-refractivity contribution < 1.29 is 18.6 Å². The van der Waals surface area contributed by atoms with Crippen LogP contribution in [0.1, 0.15) is 25.5 Å². The number of hydrogen-bond donors (Lipinski definition) is 4. The third-order valence-corrected chi connectivity index (χ3v) is 8.47. The highest BCUT2D eigenvalue weighted by atomic mass is 32.3. The Bertz CT molecular complexity index is 1230. The Balaban J connectivity index is 1.37. The van der Waals surface area contributed by atoms with Gasteiger partial charge >= 0.3 is 6.03 Å². The lowest BCUT2D eigenvalue weighted by Gasteiger charge is -2.35. The molecule has 1 aromatic carbocycles. The fourth-order valence-electron chi connectivity index (χ4n) is 4.16. The smallest absolute Gasteiger partial charge is 0.323 e. The zero-order valence-corrected chi connectivity index (χ0v) is 21.1. The summed E-state index contributed by atoms with van der Waals surface area (Å²) in [4.78, 5) is 24.0. The van der Waals surface area contributed by atoms with Crippen molar-refractivity contribution >= 4 is 33.8 Å². The molecular weight excluding hydrogens is 482 g/mol. The van der Waals surface area contributed by atoms with E-state index in [1.807, 2.05) is 18.2 Å². The van der Waals surface area contributed by atoms with Gasteiger partial charge in [0.15, 0.2) is 5.82 Å². The number of anilines is 3. The number of aryl methyl sites for hydroxylation is 1. The number of carbonyl (C=O) groups is 1. The first-order valence-electron chi connectivity index (χ1n) is 11.9. The number of ether oxygens (including phenoxy) is 1. The highest BCUT2D eigenvalue weighted by Crippen LogP contribution is 2.57. The lowest BCUT2D eigenvalue weighted by molar-refractivity contribution is 0.0985. The van der Waals surface area contributed by atoms with Gasteiger partial charge in [-0.3, -0.25) is 13.8 Å². The van der Waals surface area contributed by atoms with Crippen molar-refractivity contribution in [1.29, 1.82) is 0 Å². The van der Waals surface area contributed by atoms with Gasteiger partial charge in [0.2, 0.25) is 0 Å². The molecule has 4 N–H and O–H groups in total. The number of aromatic nitrogens is 4. The van der Waals surface area contributed by atoms with Crippen LogP contribution >= 0.6 is 10.6 Å². The predicted octanol–water partition coefficient (Wildman–Crippen LogP) is 4.16. The van der Waals surface area contributed by atoms with Gasteiger partial charge in [-0.15, -0.1) is 0 Å². The second-order valence-corrected chi connectivity index (χ2v) is 11.7. The summed E-state index contributed by atoms with van der Waals surface area (Å²) in [7, 11) is -0.962. The Morgan fingerprint density at radius 2 is 1.92 bits per heavy atom. The van der Waals surface area contributed by atoms with Crippen LogP contribution < -0.4 is 15.5 Å². The molecule has 1 atom stereocenters. The van der Waals surface area contributed by atoms with Gasteiger partial charge < -0.3 is 20.3 Å². The molecule has 3 heterocycles. The SMILES string of the molecule is C[C@H]1COCCN1c1cc(CS(O)(O)C2CC2)nc(-c2ccc(NC(=O)Nc3cnn(C)c3)cc2)n1. The molecule has 2 aliphatic rings. The lowest BCUT2D eigenvalue weighted by Crippen LogP contribution is -2.44. The van der Waals surface area contributed by atoms with E-state index in [2.05, 4.69) is 27.6 Å². The molecule has 11 nitrogen and oxygen atoms in total. The molecule has 36 heavy (non-hydrogen) atoms. The predicted molar refractivity (Wildman–Crippen MR) is 141 cm³/mol. The van der Waals surface area contributed by atoms with E-state index in [4.69, 9.17) is 14.7 Å². The summed E-state index contributed by atoms with van der Waals surface area (Å²) in [5, 5.41) is 9.52. The van der Waals surface area contributed by atoms with E-state index < -0.39 is 10.6 Å². The Kier molecular flexibility index (Phi) is 6.84. The second-order valence-electron chi connectivity index (χ2n) is 9.28. The Morgan fingerprint density at radius 1 is 1.17 bits per heavy atom. The van der Waals surface area contributed by atoms with Crippen LogP contribution in [-0.2, 0) is 17.5 Å². The molecule has 1 saturated heterocycles. The summed E-state index contributed by atoms with van der Waals surface area (Å²) >= 11 is 0. The van der Waals surface area contributed by atoms with Crippen molar-refractivity contribution in [2.45, 2.75) is 36.8 Å². The van der Waals surface area contributed by atoms with Crippen molar-refractivity contribution in [1.82, 2.24) is 19.7 Å². The largest absolute Gasteiger partial charge is 0.377 e. The quantitative estimate of drug-likeness (QED) is 0.370. The lowest BCUT2D eigenvalue weighted by atomic mass is 10.2. The van der Waals surface area contributed by atoms with Gasteiger partial charge in [0.05, 0.1) is 42.6 Å². The van der Waals surface area contributed by atoms with E-state index in [1.54, 1.807) is 36.3 Å². The zero-order chi connectivity index (χ0) is 25.3. The number of morpholine rings is 1. The van der Waals surface area contributed by atoms with Gasteiger partial charge in [-0.05, 0) is 44.0 Å². The molecule has 0 radical (unpaired) electrons. The Hall–Kier alpha value is -3.19. The number of carbonyl (C=O) groups excluding carboxylic acids is 1. The minimum Gasteiger partial charge on any atom is -0.377 e. The van der Waals surface area contributed by atoms with Crippen LogP contribution in [0.25, 0.3) is 11.4 Å². The summed E-state index contributed by atoms with van der Waals surface area (Å²) in [6, 6.07) is 8.87. The summed E-state index contributed by atoms with van der Waals surface area (Å²) in [6.07, 6.45) is 4.96. The summed E-state index contributed by atoms with van der Waals surface area (Å²) < 4.78 is 28.5. The maximum absolute atomic E-state index is 12.3. The minimum atomic E-state index is -2.74. The first-order valence-corrected chi connectivity index (χ1v) is 13.7. The number of amides is 2. The van der Waals surface area contributed by atoms with Crippen LogP contribution in [0.2, 0.25) is 0 Å². The summed E-state index contributed by atoms with van der Waals surface area (Å²) in [5.74, 6) is 1.36. The number of nitrogens with zero attached hydrogens (tertiary/aromatic N) is 5. The van der Waals surface area contributed by atoms with Crippen molar-refractivity contribution in [3.63, 3.8) is 0 Å². The highest BCUT2D eigenvalue weighted by molar-refractivity contribution is 8.24. The number of benzene rings is 1. The van der Waals surface area contributed by atoms with E-state index >= 15 is 0 Å². The van der Waals surface area contributed by atoms with Gasteiger partial charge in [0.1, 0.15) is 5.82 Å². The van der Waals surface area contributed by atoms with Crippen molar-refractivity contribution in [3.8, 4) is 11.4 Å². The van der Waals surface area contributed by atoms with Crippen LogP contribution in [0.4, 0.5) is 22.0 Å². The molecule has 1 aliphatic carbocycles. The second kappa shape index (κ2) is 10.1. The zero-order valence-electron chi connectivity index (χ0n) is 20.3. The molecule has 2 fully saturated rings. The van der Waals surface area contributed by atoms with Crippen molar-refractivity contribution in [3.05, 3.63) is 48.4 Å². The number of hydrogen-bond acceptors (Lipinski definition) is 8. The van der Waals surface area contributed by atoms with E-state index in [-0.39, 0.29) is 23.1 Å². The summed E-state index contributed by atoms with van der Waals surface area (Å²) in [6.45, 7) is 3.99. The van der Waals surface area contributed by atoms with Gasteiger partial charge in [-0.25, -0.2) is 14.8 Å². The van der Waals surface area contributed by atoms with Crippen LogP contribution in [0.5, 0.6) is 0 Å². The highest BCUT2D eigenvalue weighted by Gasteiger charge is 2.36. The minimum absolute atomic E-state index is 0.0372. The van der Waals surface area contributed by atoms with Gasteiger partial charge in [0, 0.05) is 42.4 Å². The average molecular weight is 514 g/mol. The van der Waals surface area contributed by atoms with E-state index in [1.165, 1.54) is 0 Å². The number of urea groups is 1. The molecule has 0 unspecified atom stereocenters. The fraction of sp³-hybridized carbons (Fsp3) is 0.417. The molecule has 1 saturated carbocycles. The van der Waals surface area contributed by atoms with Crippen LogP contribution in [0, 0.1) is 0 Å². The standard InChI is InChI=1S/C24H31N7O4S/c1-16-14-35-10-9-31(16)22-11-19(15-36(33,34)21-7-8-21)26-23(29-22)17-3-5-18(6-4-17)27-24(32)28-20-12-25-30(2)13-20/h3-6,11-13,16,21,33-34H,7-10,14-15H2,1-2H3,(H2,27,28,32)/t16-/m0/s1. The fourth-order valence-corrected chi connectivity index (χ4v) is 5.87. The first-order chi connectivity index (χ1) is 17.3. The third-order valence-electron chi connectivity index (χ3n) is 6.21. The van der Waals surface area contributed by atoms with Crippen LogP contribution in [0.15, 0.2) is 42.7 Å². The van der Waals surface area contributed by atoms with E-state index in [0.717, 1.165) is 24.2 Å². The Labute approximate surface area is 211 Å². The maximum Gasteiger partial charge on any atom is 0.323 e. The monoisotopic (exact) mass is 513 g/mol. The summed E-state index contributed by atoms with van der Waals surface area (Å²) in [5.41, 5.74) is 2.58. The number of nitrogens with one attached hydrogen (secondary N) is 2. The van der Waals surface area contributed by atoms with Crippen LogP contribution in [-0.4, -0.2) is 65.9 Å². The molecule has 5 rings (SSSR count). The van der Waals surface area contributed by atoms with E-state index in [9.17, 15) is 13.9 Å². The molecule has 0 spiro atoms. The van der Waals surface area contributed by atoms with Crippen molar-refractivity contribution in [2.75, 3.05) is 35.3 Å². The first kappa shape index (κ1) is 24.5. The van der Waals surface area contributed by atoms with Crippen molar-refractivity contribution in [2.24, 2.45) is 7.05 Å². The van der Waals surface area contributed by atoms with Crippen LogP contribution in [0.3, 0.4) is 0 Å². The van der Waals surface area contributed by atoms with E-state index in [0.29, 0.717) is 42.7 Å². The normalized spacial score (nSPS) is 18.7. The molecule has 1 aliphatic heterocycles. The molecule has 0 bridgehead atoms. The molecule has 2 aromatic heterocycles. The van der Waals surface area contributed by atoms with Gasteiger partial charge in [-0.2, -0.15) is 15.7 Å². The maximum atomic E-state index is 12.3. The molecular formula is C24H31N7O4S. The van der Waals surface area contributed by atoms with Gasteiger partial charge in [0.25, 0.3) is 0 Å². The third kappa shape index (κ3) is 5.78. The molecule has 3 aromatic rings.